The molecule has 1 N–H and O–H groups in total. The van der Waals surface area contributed by atoms with Gasteiger partial charge in [-0.15, -0.1) is 11.3 Å². The Morgan fingerprint density at radius 3 is 2.45 bits per heavy atom. The summed E-state index contributed by atoms with van der Waals surface area (Å²) in [4.78, 5) is 6.02. The fraction of sp³-hybridized carbons (Fsp3) is 0.400. The quantitative estimate of drug-likeness (QED) is 0.739. The van der Waals surface area contributed by atoms with Crippen LogP contribution in [0.2, 0.25) is 10.0 Å². The number of nitrogens with one attached hydrogen (secondary N) is 1. The Hall–Kier alpha value is -0.610. The Morgan fingerprint density at radius 2 is 1.85 bits per heavy atom. The first-order valence-electron chi connectivity index (χ1n) is 6.79. The summed E-state index contributed by atoms with van der Waals surface area (Å²) >= 11 is 13.8. The average molecular weight is 329 g/mol. The Kier molecular flexibility index (Phi) is 5.85. The van der Waals surface area contributed by atoms with Crippen molar-refractivity contribution < 1.29 is 0 Å². The van der Waals surface area contributed by atoms with Crippen LogP contribution in [0.5, 0.6) is 0 Å². The van der Waals surface area contributed by atoms with Gasteiger partial charge in [0.15, 0.2) is 0 Å². The number of nitrogens with zero attached hydrogens (tertiary/aromatic N) is 1. The van der Waals surface area contributed by atoms with Gasteiger partial charge in [0, 0.05) is 27.0 Å². The molecule has 108 valence electrons. The number of benzene rings is 1. The van der Waals surface area contributed by atoms with E-state index in [4.69, 9.17) is 28.2 Å². The molecule has 1 aromatic carbocycles. The van der Waals surface area contributed by atoms with Crippen LogP contribution in [0.4, 0.5) is 0 Å². The Labute approximate surface area is 134 Å². The molecule has 0 radical (unpaired) electrons. The molecule has 0 aliphatic rings. The van der Waals surface area contributed by atoms with Crippen LogP contribution >= 0.6 is 34.5 Å². The zero-order valence-electron chi connectivity index (χ0n) is 11.7. The van der Waals surface area contributed by atoms with E-state index in [1.807, 2.05) is 12.1 Å². The molecule has 0 atom stereocenters. The van der Waals surface area contributed by atoms with Gasteiger partial charge in [-0.3, -0.25) is 0 Å². The molecule has 0 spiro atoms. The van der Waals surface area contributed by atoms with Gasteiger partial charge in [0.2, 0.25) is 0 Å². The van der Waals surface area contributed by atoms with Gasteiger partial charge in [-0.05, 0) is 37.6 Å². The predicted molar refractivity (Wildman–Crippen MR) is 88.9 cm³/mol. The smallest absolute Gasteiger partial charge is 0.124 e. The average Bonchev–Trinajstić information content (AvgIpc) is 2.81. The fourth-order valence-electron chi connectivity index (χ4n) is 1.98. The molecular weight excluding hydrogens is 311 g/mol. The standard InChI is InChI=1S/C15H18Cl2N2S/c1-3-5-18-9-14-13(4-2)19-15(20-14)10-6-11(16)8-12(17)7-10/h6-8,18H,3-5,9H2,1-2H3. The largest absolute Gasteiger partial charge is 0.312 e. The first-order chi connectivity index (χ1) is 9.63. The maximum atomic E-state index is 6.06. The highest BCUT2D eigenvalue weighted by Crippen LogP contribution is 2.32. The molecule has 20 heavy (non-hydrogen) atoms. The van der Waals surface area contributed by atoms with Gasteiger partial charge in [0.1, 0.15) is 5.01 Å². The van der Waals surface area contributed by atoms with Crippen molar-refractivity contribution in [3.63, 3.8) is 0 Å². The maximum absolute atomic E-state index is 6.06. The molecule has 1 heterocycles. The normalized spacial score (nSPS) is 11.0. The summed E-state index contributed by atoms with van der Waals surface area (Å²) in [6, 6.07) is 5.56. The highest BCUT2D eigenvalue weighted by molar-refractivity contribution is 7.15. The molecule has 0 bridgehead atoms. The zero-order valence-corrected chi connectivity index (χ0v) is 14.0. The summed E-state index contributed by atoms with van der Waals surface area (Å²) in [5, 5.41) is 5.71. The first kappa shape index (κ1) is 15.8. The van der Waals surface area contributed by atoms with E-state index < -0.39 is 0 Å². The van der Waals surface area contributed by atoms with Crippen molar-refractivity contribution in [1.82, 2.24) is 10.3 Å². The second-order valence-corrected chi connectivity index (χ2v) is 6.53. The number of rotatable bonds is 6. The lowest BCUT2D eigenvalue weighted by atomic mass is 10.2. The highest BCUT2D eigenvalue weighted by atomic mass is 35.5. The monoisotopic (exact) mass is 328 g/mol. The zero-order chi connectivity index (χ0) is 14.5. The molecular formula is C15H18Cl2N2S. The Morgan fingerprint density at radius 1 is 1.15 bits per heavy atom. The van der Waals surface area contributed by atoms with E-state index >= 15 is 0 Å². The Balaban J connectivity index is 2.28. The number of thiazole rings is 1. The van der Waals surface area contributed by atoms with E-state index in [9.17, 15) is 0 Å². The van der Waals surface area contributed by atoms with Gasteiger partial charge in [0.25, 0.3) is 0 Å². The predicted octanol–water partition coefficient (Wildman–Crippen LogP) is 5.18. The minimum Gasteiger partial charge on any atom is -0.312 e. The third kappa shape index (κ3) is 3.95. The molecule has 0 unspecified atom stereocenters. The summed E-state index contributed by atoms with van der Waals surface area (Å²) in [6.45, 7) is 6.20. The first-order valence-corrected chi connectivity index (χ1v) is 8.37. The van der Waals surface area contributed by atoms with Crippen molar-refractivity contribution in [3.05, 3.63) is 38.8 Å². The number of aromatic nitrogens is 1. The van der Waals surface area contributed by atoms with Crippen LogP contribution in [0.25, 0.3) is 10.6 Å². The molecule has 5 heteroatoms. The molecule has 0 aliphatic carbocycles. The Bertz CT molecular complexity index is 561. The summed E-state index contributed by atoms with van der Waals surface area (Å²) < 4.78 is 0. The van der Waals surface area contributed by atoms with Crippen molar-refractivity contribution in [2.75, 3.05) is 6.54 Å². The van der Waals surface area contributed by atoms with E-state index in [1.54, 1.807) is 17.4 Å². The van der Waals surface area contributed by atoms with Crippen LogP contribution in [0.1, 0.15) is 30.8 Å². The summed E-state index contributed by atoms with van der Waals surface area (Å²) in [6.07, 6.45) is 2.07. The van der Waals surface area contributed by atoms with Gasteiger partial charge in [0.05, 0.1) is 5.69 Å². The van der Waals surface area contributed by atoms with Crippen molar-refractivity contribution in [2.24, 2.45) is 0 Å². The van der Waals surface area contributed by atoms with Crippen molar-refractivity contribution in [2.45, 2.75) is 33.2 Å². The van der Waals surface area contributed by atoms with Crippen LogP contribution in [0.15, 0.2) is 18.2 Å². The second kappa shape index (κ2) is 7.41. The van der Waals surface area contributed by atoms with Gasteiger partial charge < -0.3 is 5.32 Å². The van der Waals surface area contributed by atoms with E-state index in [2.05, 4.69) is 19.2 Å². The molecule has 0 aliphatic heterocycles. The van der Waals surface area contributed by atoms with Gasteiger partial charge in [-0.1, -0.05) is 37.0 Å². The third-order valence-corrected chi connectivity index (χ3v) is 4.52. The van der Waals surface area contributed by atoms with Gasteiger partial charge in [-0.2, -0.15) is 0 Å². The molecule has 0 fully saturated rings. The lowest BCUT2D eigenvalue weighted by molar-refractivity contribution is 0.677. The van der Waals surface area contributed by atoms with E-state index in [1.165, 1.54) is 4.88 Å². The van der Waals surface area contributed by atoms with Crippen LogP contribution < -0.4 is 5.32 Å². The molecule has 2 rings (SSSR count). The second-order valence-electron chi connectivity index (χ2n) is 4.58. The summed E-state index contributed by atoms with van der Waals surface area (Å²) in [5.74, 6) is 0. The summed E-state index contributed by atoms with van der Waals surface area (Å²) in [5.41, 5.74) is 2.15. The lowest BCUT2D eigenvalue weighted by Crippen LogP contribution is -2.13. The SMILES string of the molecule is CCCNCc1sc(-c2cc(Cl)cc(Cl)c2)nc1CC. The van der Waals surface area contributed by atoms with Crippen molar-refractivity contribution in [1.29, 1.82) is 0 Å². The number of hydrogen-bond acceptors (Lipinski definition) is 3. The van der Waals surface area contributed by atoms with Crippen LogP contribution in [-0.2, 0) is 13.0 Å². The van der Waals surface area contributed by atoms with E-state index in [0.717, 1.165) is 42.2 Å². The van der Waals surface area contributed by atoms with Crippen molar-refractivity contribution in [3.8, 4) is 10.6 Å². The van der Waals surface area contributed by atoms with Crippen LogP contribution in [0, 0.1) is 0 Å². The van der Waals surface area contributed by atoms with Gasteiger partial charge in [-0.25, -0.2) is 4.98 Å². The van der Waals surface area contributed by atoms with Crippen LogP contribution in [0.3, 0.4) is 0 Å². The van der Waals surface area contributed by atoms with Gasteiger partial charge >= 0.3 is 0 Å². The highest BCUT2D eigenvalue weighted by Gasteiger charge is 2.12. The topological polar surface area (TPSA) is 24.9 Å². The molecule has 0 amide bonds. The summed E-state index contributed by atoms with van der Waals surface area (Å²) in [7, 11) is 0. The van der Waals surface area contributed by atoms with Crippen LogP contribution in [-0.4, -0.2) is 11.5 Å². The third-order valence-electron chi connectivity index (χ3n) is 2.93. The molecule has 0 saturated carbocycles. The molecule has 1 aromatic heterocycles. The number of aryl methyl sites for hydroxylation is 1. The minimum atomic E-state index is 0.645. The molecule has 0 saturated heterocycles. The lowest BCUT2D eigenvalue weighted by Gasteiger charge is -2.01. The van der Waals surface area contributed by atoms with Crippen molar-refractivity contribution >= 4 is 34.5 Å². The number of hydrogen-bond donors (Lipinski definition) is 1. The number of halogens is 2. The minimum absolute atomic E-state index is 0.645. The molecule has 2 nitrogen and oxygen atoms in total. The van der Waals surface area contributed by atoms with E-state index in [-0.39, 0.29) is 0 Å². The maximum Gasteiger partial charge on any atom is 0.124 e. The molecule has 2 aromatic rings. The fourth-order valence-corrected chi connectivity index (χ4v) is 3.61. The van der Waals surface area contributed by atoms with E-state index in [0.29, 0.717) is 10.0 Å².